The zero-order valence-electron chi connectivity index (χ0n) is 17.5. The number of rotatable bonds is 11. The summed E-state index contributed by atoms with van der Waals surface area (Å²) in [6.07, 6.45) is -6.00. The molecule has 5 unspecified atom stereocenters. The van der Waals surface area contributed by atoms with Crippen LogP contribution >= 0.6 is 0 Å². The molecule has 172 valence electrons. The van der Waals surface area contributed by atoms with Crippen molar-refractivity contribution < 1.29 is 52.3 Å². The largest absolute Gasteiger partial charge is 0.463 e. The van der Waals surface area contributed by atoms with Crippen LogP contribution in [0.5, 0.6) is 0 Å². The summed E-state index contributed by atoms with van der Waals surface area (Å²) in [7, 11) is 0. The topological polar surface area (TPSA) is 159 Å². The molecule has 1 saturated heterocycles. The van der Waals surface area contributed by atoms with Crippen molar-refractivity contribution in [1.82, 2.24) is 0 Å². The van der Waals surface area contributed by atoms with Crippen LogP contribution in [-0.4, -0.2) is 87.6 Å². The Balaban J connectivity index is 3.13. The SMILES string of the molecule is CC(=O)OCC1OC(OCCOCCN)C(OC(C)=O)C(OC(C)=O)C1OC(C)=O. The van der Waals surface area contributed by atoms with E-state index in [1.807, 2.05) is 0 Å². The highest BCUT2D eigenvalue weighted by atomic mass is 16.7. The lowest BCUT2D eigenvalue weighted by atomic mass is 9.98. The van der Waals surface area contributed by atoms with E-state index in [4.69, 9.17) is 38.9 Å². The van der Waals surface area contributed by atoms with Gasteiger partial charge in [-0.15, -0.1) is 0 Å². The minimum atomic E-state index is -1.26. The van der Waals surface area contributed by atoms with Crippen LogP contribution in [0.1, 0.15) is 27.7 Å². The van der Waals surface area contributed by atoms with Gasteiger partial charge in [-0.3, -0.25) is 19.2 Å². The average Bonchev–Trinajstić information content (AvgIpc) is 2.63. The fourth-order valence-corrected chi connectivity index (χ4v) is 2.73. The lowest BCUT2D eigenvalue weighted by molar-refractivity contribution is -0.309. The van der Waals surface area contributed by atoms with Crippen molar-refractivity contribution in [1.29, 1.82) is 0 Å². The molecule has 1 fully saturated rings. The van der Waals surface area contributed by atoms with Crippen molar-refractivity contribution in [2.75, 3.05) is 33.0 Å². The lowest BCUT2D eigenvalue weighted by Crippen LogP contribution is -2.63. The van der Waals surface area contributed by atoms with Gasteiger partial charge in [-0.1, -0.05) is 0 Å². The maximum atomic E-state index is 11.7. The van der Waals surface area contributed by atoms with E-state index in [0.29, 0.717) is 13.2 Å². The summed E-state index contributed by atoms with van der Waals surface area (Å²) >= 11 is 0. The molecule has 12 heteroatoms. The fourth-order valence-electron chi connectivity index (χ4n) is 2.73. The second kappa shape index (κ2) is 13.1. The van der Waals surface area contributed by atoms with Crippen LogP contribution in [0.15, 0.2) is 0 Å². The standard InChI is InChI=1S/C18H29NO11/c1-10(20)26-9-14-15(27-11(2)21)16(28-12(3)22)17(29-13(4)23)18(30-14)25-8-7-24-6-5-19/h14-18H,5-9,19H2,1-4H3. The van der Waals surface area contributed by atoms with Crippen LogP contribution in [0.3, 0.4) is 0 Å². The first kappa shape index (κ1) is 25.8. The predicted octanol–water partition coefficient (Wildman–Crippen LogP) is -0.939. The molecule has 0 aromatic heterocycles. The first-order valence-electron chi connectivity index (χ1n) is 9.35. The lowest BCUT2D eigenvalue weighted by Gasteiger charge is -2.44. The fraction of sp³-hybridized carbons (Fsp3) is 0.778. The molecule has 0 spiro atoms. The van der Waals surface area contributed by atoms with Crippen LogP contribution in [0.4, 0.5) is 0 Å². The second-order valence-corrected chi connectivity index (χ2v) is 6.34. The molecular formula is C18H29NO11. The molecule has 2 N–H and O–H groups in total. The third-order valence-corrected chi connectivity index (χ3v) is 3.72. The van der Waals surface area contributed by atoms with Crippen molar-refractivity contribution in [2.45, 2.75) is 58.4 Å². The minimum absolute atomic E-state index is 0.0355. The van der Waals surface area contributed by atoms with E-state index in [1.165, 1.54) is 6.92 Å². The number of carbonyl (C=O) groups is 4. The van der Waals surface area contributed by atoms with Gasteiger partial charge >= 0.3 is 23.9 Å². The van der Waals surface area contributed by atoms with Gasteiger partial charge in [-0.25, -0.2) is 0 Å². The molecule has 0 saturated carbocycles. The number of hydrogen-bond acceptors (Lipinski definition) is 12. The molecule has 1 aliphatic heterocycles. The van der Waals surface area contributed by atoms with E-state index in [1.54, 1.807) is 0 Å². The molecule has 0 aromatic carbocycles. The maximum Gasteiger partial charge on any atom is 0.303 e. The van der Waals surface area contributed by atoms with Gasteiger partial charge in [0.05, 0.1) is 19.8 Å². The third kappa shape index (κ3) is 9.03. The Labute approximate surface area is 174 Å². The minimum Gasteiger partial charge on any atom is -0.463 e. The van der Waals surface area contributed by atoms with Crippen LogP contribution in [0, 0.1) is 0 Å². The summed E-state index contributed by atoms with van der Waals surface area (Å²) in [6.45, 7) is 5.17. The van der Waals surface area contributed by atoms with Gasteiger partial charge in [0, 0.05) is 34.2 Å². The molecule has 5 atom stereocenters. The molecule has 1 rings (SSSR count). The number of nitrogens with two attached hydrogens (primary N) is 1. The van der Waals surface area contributed by atoms with Gasteiger partial charge in [0.15, 0.2) is 24.6 Å². The quantitative estimate of drug-likeness (QED) is 0.241. The summed E-state index contributed by atoms with van der Waals surface area (Å²) < 4.78 is 37.4. The van der Waals surface area contributed by atoms with Crippen LogP contribution in [0.25, 0.3) is 0 Å². The molecular weight excluding hydrogens is 406 g/mol. The van der Waals surface area contributed by atoms with E-state index < -0.39 is 54.6 Å². The first-order valence-corrected chi connectivity index (χ1v) is 9.35. The molecule has 1 aliphatic rings. The number of carbonyl (C=O) groups excluding carboxylic acids is 4. The Kier molecular flexibility index (Phi) is 11.3. The van der Waals surface area contributed by atoms with E-state index in [2.05, 4.69) is 0 Å². The number of esters is 4. The highest BCUT2D eigenvalue weighted by Gasteiger charge is 2.52. The van der Waals surface area contributed by atoms with Gasteiger partial charge < -0.3 is 38.9 Å². The van der Waals surface area contributed by atoms with Crippen LogP contribution in [0.2, 0.25) is 0 Å². The van der Waals surface area contributed by atoms with Crippen LogP contribution < -0.4 is 5.73 Å². The summed E-state index contributed by atoms with van der Waals surface area (Å²) in [5.74, 6) is -2.72. The maximum absolute atomic E-state index is 11.7. The molecule has 0 bridgehead atoms. The van der Waals surface area contributed by atoms with Gasteiger partial charge in [0.1, 0.15) is 12.7 Å². The van der Waals surface area contributed by atoms with Crippen LogP contribution in [-0.2, 0) is 52.3 Å². The summed E-state index contributed by atoms with van der Waals surface area (Å²) in [5.41, 5.74) is 5.35. The Hall–Kier alpha value is -2.28. The Morgan fingerprint density at radius 2 is 1.33 bits per heavy atom. The Morgan fingerprint density at radius 1 is 0.767 bits per heavy atom. The average molecular weight is 435 g/mol. The second-order valence-electron chi connectivity index (χ2n) is 6.34. The third-order valence-electron chi connectivity index (χ3n) is 3.72. The molecule has 0 amide bonds. The van der Waals surface area contributed by atoms with Crippen molar-refractivity contribution in [2.24, 2.45) is 5.73 Å². The van der Waals surface area contributed by atoms with E-state index in [9.17, 15) is 19.2 Å². The molecule has 0 aliphatic carbocycles. The number of ether oxygens (including phenoxy) is 7. The summed E-state index contributed by atoms with van der Waals surface area (Å²) in [6, 6.07) is 0. The van der Waals surface area contributed by atoms with E-state index in [0.717, 1.165) is 20.8 Å². The molecule has 0 aromatic rings. The zero-order chi connectivity index (χ0) is 22.7. The summed E-state index contributed by atoms with van der Waals surface area (Å²) in [4.78, 5) is 46.2. The van der Waals surface area contributed by atoms with Crippen molar-refractivity contribution >= 4 is 23.9 Å². The number of hydrogen-bond donors (Lipinski definition) is 1. The molecule has 1 heterocycles. The van der Waals surface area contributed by atoms with Crippen molar-refractivity contribution in [3.05, 3.63) is 0 Å². The summed E-state index contributed by atoms with van der Waals surface area (Å²) in [5, 5.41) is 0. The Morgan fingerprint density at radius 3 is 1.87 bits per heavy atom. The van der Waals surface area contributed by atoms with Gasteiger partial charge in [0.2, 0.25) is 0 Å². The van der Waals surface area contributed by atoms with E-state index >= 15 is 0 Å². The molecule has 12 nitrogen and oxygen atoms in total. The zero-order valence-corrected chi connectivity index (χ0v) is 17.5. The van der Waals surface area contributed by atoms with Gasteiger partial charge in [-0.2, -0.15) is 0 Å². The van der Waals surface area contributed by atoms with Gasteiger partial charge in [-0.05, 0) is 0 Å². The molecule has 30 heavy (non-hydrogen) atoms. The molecule has 0 radical (unpaired) electrons. The first-order chi connectivity index (χ1) is 14.1. The highest BCUT2D eigenvalue weighted by Crippen LogP contribution is 2.29. The normalized spacial score (nSPS) is 25.8. The van der Waals surface area contributed by atoms with Gasteiger partial charge in [0.25, 0.3) is 0 Å². The smallest absolute Gasteiger partial charge is 0.303 e. The van der Waals surface area contributed by atoms with Crippen molar-refractivity contribution in [3.8, 4) is 0 Å². The highest BCUT2D eigenvalue weighted by molar-refractivity contribution is 5.68. The van der Waals surface area contributed by atoms with E-state index in [-0.39, 0.29) is 19.8 Å². The Bertz CT molecular complexity index is 597. The predicted molar refractivity (Wildman–Crippen MR) is 97.8 cm³/mol. The monoisotopic (exact) mass is 435 g/mol. The van der Waals surface area contributed by atoms with Crippen molar-refractivity contribution in [3.63, 3.8) is 0 Å².